The molecule has 4 rings (SSSR count). The molecule has 4 heteroatoms. The van der Waals surface area contributed by atoms with E-state index in [0.29, 0.717) is 11.9 Å². The lowest BCUT2D eigenvalue weighted by Gasteiger charge is -2.14. The Morgan fingerprint density at radius 3 is 2.41 bits per heavy atom. The van der Waals surface area contributed by atoms with Crippen molar-refractivity contribution in [2.24, 2.45) is 0 Å². The van der Waals surface area contributed by atoms with Crippen molar-refractivity contribution in [3.05, 3.63) is 83.7 Å². The number of aromatic nitrogens is 1. The Morgan fingerprint density at radius 1 is 0.966 bits per heavy atom. The number of hydrogen-bond donors (Lipinski definition) is 0. The Morgan fingerprint density at radius 2 is 1.69 bits per heavy atom. The number of rotatable bonds is 5. The largest absolute Gasteiger partial charge is 0.493 e. The Balaban J connectivity index is 1.80. The van der Waals surface area contributed by atoms with Crippen LogP contribution < -0.4 is 4.74 Å². The van der Waals surface area contributed by atoms with Gasteiger partial charge in [-0.1, -0.05) is 58.4 Å². The summed E-state index contributed by atoms with van der Waals surface area (Å²) < 4.78 is 19.5. The molecule has 0 saturated heterocycles. The lowest BCUT2D eigenvalue weighted by molar-refractivity contribution is 0.341. The molecular weight excluding hydrogens is 429 g/mol. The molecule has 4 aromatic rings. The van der Waals surface area contributed by atoms with Gasteiger partial charge in [-0.2, -0.15) is 0 Å². The molecule has 146 valence electrons. The van der Waals surface area contributed by atoms with Gasteiger partial charge in [0.25, 0.3) is 0 Å². The van der Waals surface area contributed by atoms with Crippen LogP contribution in [-0.4, -0.2) is 11.6 Å². The first-order valence-electron chi connectivity index (χ1n) is 9.59. The summed E-state index contributed by atoms with van der Waals surface area (Å²) in [5, 5.41) is 1.50. The first kappa shape index (κ1) is 19.6. The number of benzene rings is 3. The highest BCUT2D eigenvalue weighted by Crippen LogP contribution is 2.34. The second-order valence-electron chi connectivity index (χ2n) is 6.87. The van der Waals surface area contributed by atoms with Crippen LogP contribution >= 0.6 is 15.9 Å². The zero-order valence-corrected chi connectivity index (χ0v) is 18.0. The van der Waals surface area contributed by atoms with Crippen LogP contribution in [0.15, 0.2) is 66.7 Å². The van der Waals surface area contributed by atoms with Gasteiger partial charge in [0.1, 0.15) is 11.6 Å². The van der Waals surface area contributed by atoms with Crippen molar-refractivity contribution in [1.29, 1.82) is 0 Å². The van der Waals surface area contributed by atoms with Crippen LogP contribution in [0.5, 0.6) is 5.75 Å². The van der Waals surface area contributed by atoms with Gasteiger partial charge in [0.15, 0.2) is 0 Å². The first-order chi connectivity index (χ1) is 14.1. The van der Waals surface area contributed by atoms with Crippen LogP contribution in [0.1, 0.15) is 18.1 Å². The van der Waals surface area contributed by atoms with E-state index >= 15 is 0 Å². The van der Waals surface area contributed by atoms with Gasteiger partial charge < -0.3 is 4.74 Å². The molecule has 0 spiro atoms. The summed E-state index contributed by atoms with van der Waals surface area (Å²) in [7, 11) is 0. The normalized spacial score (nSPS) is 11.0. The molecule has 0 aliphatic rings. The Hall–Kier alpha value is -2.72. The molecule has 1 aromatic heterocycles. The van der Waals surface area contributed by atoms with Gasteiger partial charge in [-0.25, -0.2) is 9.37 Å². The average Bonchev–Trinajstić information content (AvgIpc) is 2.74. The van der Waals surface area contributed by atoms with E-state index in [2.05, 4.69) is 46.3 Å². The Labute approximate surface area is 178 Å². The van der Waals surface area contributed by atoms with Crippen LogP contribution in [0.2, 0.25) is 0 Å². The predicted octanol–water partition coefficient (Wildman–Crippen LogP) is 7.31. The van der Waals surface area contributed by atoms with Crippen LogP contribution in [0, 0.1) is 12.7 Å². The van der Waals surface area contributed by atoms with E-state index in [1.807, 2.05) is 32.0 Å². The summed E-state index contributed by atoms with van der Waals surface area (Å²) in [6, 6.07) is 21.2. The summed E-state index contributed by atoms with van der Waals surface area (Å²) in [6.07, 6.45) is 0. The van der Waals surface area contributed by atoms with Crippen LogP contribution in [0.25, 0.3) is 33.3 Å². The van der Waals surface area contributed by atoms with E-state index in [1.165, 1.54) is 6.07 Å². The number of alkyl halides is 1. The smallest absolute Gasteiger partial charge is 0.127 e. The van der Waals surface area contributed by atoms with Gasteiger partial charge in [0.2, 0.25) is 0 Å². The average molecular weight is 450 g/mol. The minimum Gasteiger partial charge on any atom is -0.493 e. The Bertz CT molecular complexity index is 1170. The maximum atomic E-state index is 13.7. The monoisotopic (exact) mass is 449 g/mol. The van der Waals surface area contributed by atoms with Gasteiger partial charge in [0.05, 0.1) is 17.8 Å². The molecule has 0 radical (unpaired) electrons. The Kier molecular flexibility index (Phi) is 5.63. The van der Waals surface area contributed by atoms with E-state index in [0.717, 1.165) is 50.2 Å². The number of nitrogens with zero attached hydrogens (tertiary/aromatic N) is 1. The summed E-state index contributed by atoms with van der Waals surface area (Å²) in [5.74, 6) is 0.636. The summed E-state index contributed by atoms with van der Waals surface area (Å²) in [6.45, 7) is 4.66. The summed E-state index contributed by atoms with van der Waals surface area (Å²) in [5.41, 5.74) is 7.04. The number of fused-ring (bicyclic) bond motifs is 1. The quantitative estimate of drug-likeness (QED) is 0.298. The summed E-state index contributed by atoms with van der Waals surface area (Å²) in [4.78, 5) is 4.83. The molecule has 0 bridgehead atoms. The standard InChI is InChI=1S/C25H21BrFNO/c1-3-29-24-7-5-4-6-20(24)17-8-10-18(11-9-17)25-16(2)22(15-26)21-14-19(27)12-13-23(21)28-25/h4-14H,3,15H2,1-2H3. The molecule has 0 aliphatic heterocycles. The van der Waals surface area contributed by atoms with Crippen molar-refractivity contribution >= 4 is 26.8 Å². The maximum absolute atomic E-state index is 13.7. The highest BCUT2D eigenvalue weighted by Gasteiger charge is 2.14. The van der Waals surface area contributed by atoms with E-state index in [1.54, 1.807) is 12.1 Å². The molecule has 3 aromatic carbocycles. The molecule has 0 saturated carbocycles. The van der Waals surface area contributed by atoms with Gasteiger partial charge in [-0.3, -0.25) is 0 Å². The number of para-hydroxylation sites is 1. The molecule has 2 nitrogen and oxygen atoms in total. The minimum absolute atomic E-state index is 0.244. The maximum Gasteiger partial charge on any atom is 0.127 e. The van der Waals surface area contributed by atoms with E-state index in [4.69, 9.17) is 9.72 Å². The second kappa shape index (κ2) is 8.34. The molecule has 29 heavy (non-hydrogen) atoms. The van der Waals surface area contributed by atoms with Gasteiger partial charge >= 0.3 is 0 Å². The molecule has 0 aliphatic carbocycles. The zero-order valence-electron chi connectivity index (χ0n) is 16.4. The van der Waals surface area contributed by atoms with E-state index in [-0.39, 0.29) is 5.82 Å². The number of ether oxygens (including phenoxy) is 1. The summed E-state index contributed by atoms with van der Waals surface area (Å²) >= 11 is 3.56. The first-order valence-corrected chi connectivity index (χ1v) is 10.7. The van der Waals surface area contributed by atoms with Gasteiger partial charge in [-0.15, -0.1) is 0 Å². The van der Waals surface area contributed by atoms with Crippen molar-refractivity contribution in [2.75, 3.05) is 6.61 Å². The van der Waals surface area contributed by atoms with Crippen LogP contribution in [0.4, 0.5) is 4.39 Å². The minimum atomic E-state index is -0.244. The predicted molar refractivity (Wildman–Crippen MR) is 121 cm³/mol. The fourth-order valence-electron chi connectivity index (χ4n) is 3.64. The van der Waals surface area contributed by atoms with Gasteiger partial charge in [-0.05, 0) is 54.8 Å². The second-order valence-corrected chi connectivity index (χ2v) is 7.43. The number of halogens is 2. The molecule has 1 heterocycles. The third-order valence-corrected chi connectivity index (χ3v) is 5.67. The van der Waals surface area contributed by atoms with Crippen molar-refractivity contribution in [3.8, 4) is 28.1 Å². The van der Waals surface area contributed by atoms with Crippen molar-refractivity contribution in [1.82, 2.24) is 4.98 Å². The van der Waals surface area contributed by atoms with E-state index in [9.17, 15) is 4.39 Å². The molecule has 0 N–H and O–H groups in total. The number of hydrogen-bond acceptors (Lipinski definition) is 2. The fraction of sp³-hybridized carbons (Fsp3) is 0.160. The van der Waals surface area contributed by atoms with Gasteiger partial charge in [0, 0.05) is 21.8 Å². The van der Waals surface area contributed by atoms with Crippen molar-refractivity contribution in [3.63, 3.8) is 0 Å². The topological polar surface area (TPSA) is 22.1 Å². The lowest BCUT2D eigenvalue weighted by Crippen LogP contribution is -1.97. The van der Waals surface area contributed by atoms with Crippen molar-refractivity contribution < 1.29 is 9.13 Å². The van der Waals surface area contributed by atoms with E-state index < -0.39 is 0 Å². The fourth-order valence-corrected chi connectivity index (χ4v) is 4.37. The lowest BCUT2D eigenvalue weighted by atomic mass is 9.97. The highest BCUT2D eigenvalue weighted by molar-refractivity contribution is 9.08. The molecule has 0 fully saturated rings. The zero-order chi connectivity index (χ0) is 20.4. The van der Waals surface area contributed by atoms with Crippen LogP contribution in [0.3, 0.4) is 0 Å². The molecule has 0 unspecified atom stereocenters. The third kappa shape index (κ3) is 3.77. The molecular formula is C25H21BrFNO. The van der Waals surface area contributed by atoms with Crippen molar-refractivity contribution in [2.45, 2.75) is 19.2 Å². The molecule has 0 amide bonds. The highest BCUT2D eigenvalue weighted by atomic mass is 79.9. The van der Waals surface area contributed by atoms with Crippen LogP contribution in [-0.2, 0) is 5.33 Å². The SMILES string of the molecule is CCOc1ccccc1-c1ccc(-c2nc3ccc(F)cc3c(CBr)c2C)cc1. The third-order valence-electron chi connectivity index (χ3n) is 5.11. The molecule has 0 atom stereocenters. The number of pyridine rings is 1.